The first-order valence-corrected chi connectivity index (χ1v) is 6.40. The molecule has 2 aromatic heterocycles. The topological polar surface area (TPSA) is 118 Å². The summed E-state index contributed by atoms with van der Waals surface area (Å²) in [6.45, 7) is 3.81. The molecule has 2 rings (SSSR count). The number of nitrogens with two attached hydrogens (primary N) is 1. The number of hydrogen-bond donors (Lipinski definition) is 2. The van der Waals surface area contributed by atoms with Crippen molar-refractivity contribution in [2.24, 2.45) is 5.73 Å². The molecule has 21 heavy (non-hydrogen) atoms. The molecule has 0 atom stereocenters. The number of ether oxygens (including phenoxy) is 1. The predicted octanol–water partition coefficient (Wildman–Crippen LogP) is 1.22. The van der Waals surface area contributed by atoms with Crippen LogP contribution in [0.3, 0.4) is 0 Å². The minimum absolute atomic E-state index is 0.0262. The van der Waals surface area contributed by atoms with E-state index >= 15 is 0 Å². The van der Waals surface area contributed by atoms with E-state index in [0.29, 0.717) is 17.9 Å². The van der Waals surface area contributed by atoms with Crippen LogP contribution >= 0.6 is 0 Å². The van der Waals surface area contributed by atoms with Crippen LogP contribution in [0.2, 0.25) is 0 Å². The van der Waals surface area contributed by atoms with Gasteiger partial charge in [0.15, 0.2) is 0 Å². The van der Waals surface area contributed by atoms with Gasteiger partial charge in [-0.05, 0) is 25.8 Å². The number of carbonyl (C=O) groups is 1. The molecule has 0 aliphatic heterocycles. The van der Waals surface area contributed by atoms with Crippen molar-refractivity contribution < 1.29 is 9.53 Å². The van der Waals surface area contributed by atoms with Crippen molar-refractivity contribution in [2.45, 2.75) is 26.4 Å². The predicted molar refractivity (Wildman–Crippen MR) is 76.2 cm³/mol. The number of carbonyl (C=O) groups excluding carboxylic acids is 1. The Kier molecular flexibility index (Phi) is 4.18. The molecule has 3 N–H and O–H groups in total. The van der Waals surface area contributed by atoms with Gasteiger partial charge >= 0.3 is 0 Å². The number of nitrogens with zero attached hydrogens (tertiary/aromatic N) is 3. The smallest absolute Gasteiger partial charge is 0.259 e. The third-order valence-electron chi connectivity index (χ3n) is 2.78. The number of aromatic amines is 1. The number of amides is 1. The van der Waals surface area contributed by atoms with Gasteiger partial charge in [0.2, 0.25) is 5.88 Å². The van der Waals surface area contributed by atoms with Gasteiger partial charge in [0.25, 0.3) is 5.91 Å². The van der Waals surface area contributed by atoms with E-state index < -0.39 is 5.91 Å². The van der Waals surface area contributed by atoms with E-state index in [2.05, 4.69) is 15.0 Å². The van der Waals surface area contributed by atoms with Gasteiger partial charge in [-0.1, -0.05) is 6.08 Å². The lowest BCUT2D eigenvalue weighted by atomic mass is 10.1. The number of allylic oxidation sites excluding steroid dienone is 1. The Labute approximate surface area is 121 Å². The maximum absolute atomic E-state index is 11.0. The normalized spacial score (nSPS) is 11.6. The number of aromatic nitrogens is 3. The lowest BCUT2D eigenvalue weighted by Gasteiger charge is -2.09. The third kappa shape index (κ3) is 3.17. The highest BCUT2D eigenvalue weighted by Gasteiger charge is 2.13. The van der Waals surface area contributed by atoms with Crippen LogP contribution in [-0.4, -0.2) is 27.0 Å². The second-order valence-corrected chi connectivity index (χ2v) is 4.68. The van der Waals surface area contributed by atoms with Crippen molar-refractivity contribution in [1.82, 2.24) is 15.0 Å². The summed E-state index contributed by atoms with van der Waals surface area (Å²) in [5.74, 6) is -0.274. The number of H-pyrrole nitrogens is 1. The Hall–Kier alpha value is -2.88. The molecule has 7 heteroatoms. The standard InChI is InChI=1S/C14H15N5O2/c1-8(2)21-14-11-10(4-3-9(5-15)12(16)20)6-17-13(11)18-7-19-14/h3,6-8H,4H2,1-2H3,(H2,16,20)(H,17,18,19)/b9-3+. The van der Waals surface area contributed by atoms with Gasteiger partial charge in [-0.2, -0.15) is 5.26 Å². The Bertz CT molecular complexity index is 739. The van der Waals surface area contributed by atoms with Gasteiger partial charge in [0.05, 0.1) is 11.5 Å². The number of hydrogen-bond acceptors (Lipinski definition) is 5. The lowest BCUT2D eigenvalue weighted by Crippen LogP contribution is -2.12. The fraction of sp³-hybridized carbons (Fsp3) is 0.286. The van der Waals surface area contributed by atoms with Gasteiger partial charge in [0.1, 0.15) is 23.6 Å². The summed E-state index contributed by atoms with van der Waals surface area (Å²) in [6, 6.07) is 1.77. The van der Waals surface area contributed by atoms with E-state index in [0.717, 1.165) is 10.9 Å². The fourth-order valence-electron chi connectivity index (χ4n) is 1.88. The molecule has 0 fully saturated rings. The third-order valence-corrected chi connectivity index (χ3v) is 2.78. The van der Waals surface area contributed by atoms with Crippen LogP contribution in [0.15, 0.2) is 24.2 Å². The van der Waals surface area contributed by atoms with Crippen LogP contribution < -0.4 is 10.5 Å². The zero-order valence-electron chi connectivity index (χ0n) is 11.8. The first-order chi connectivity index (χ1) is 10.0. The quantitative estimate of drug-likeness (QED) is 0.632. The summed E-state index contributed by atoms with van der Waals surface area (Å²) in [5, 5.41) is 9.58. The van der Waals surface area contributed by atoms with E-state index in [1.165, 1.54) is 12.4 Å². The van der Waals surface area contributed by atoms with E-state index in [-0.39, 0.29) is 11.7 Å². The summed E-state index contributed by atoms with van der Waals surface area (Å²) in [5.41, 5.74) is 6.50. The zero-order valence-corrected chi connectivity index (χ0v) is 11.8. The van der Waals surface area contributed by atoms with Gasteiger partial charge in [-0.25, -0.2) is 9.97 Å². The Morgan fingerprint density at radius 1 is 1.57 bits per heavy atom. The fourth-order valence-corrected chi connectivity index (χ4v) is 1.88. The molecule has 0 saturated heterocycles. The van der Waals surface area contributed by atoms with Crippen molar-refractivity contribution in [3.63, 3.8) is 0 Å². The highest BCUT2D eigenvalue weighted by atomic mass is 16.5. The first-order valence-electron chi connectivity index (χ1n) is 6.40. The average molecular weight is 285 g/mol. The van der Waals surface area contributed by atoms with Crippen molar-refractivity contribution in [2.75, 3.05) is 0 Å². The second kappa shape index (κ2) is 6.05. The number of primary amides is 1. The first kappa shape index (κ1) is 14.5. The minimum Gasteiger partial charge on any atom is -0.474 e. The van der Waals surface area contributed by atoms with Crippen LogP contribution in [0.25, 0.3) is 11.0 Å². The number of fused-ring (bicyclic) bond motifs is 1. The van der Waals surface area contributed by atoms with Crippen LogP contribution in [0.1, 0.15) is 19.4 Å². The summed E-state index contributed by atoms with van der Waals surface area (Å²) in [7, 11) is 0. The van der Waals surface area contributed by atoms with Gasteiger partial charge in [-0.3, -0.25) is 4.79 Å². The molecular formula is C14H15N5O2. The van der Waals surface area contributed by atoms with Gasteiger partial charge in [0, 0.05) is 6.20 Å². The monoisotopic (exact) mass is 285 g/mol. The molecule has 0 bridgehead atoms. The summed E-state index contributed by atoms with van der Waals surface area (Å²) < 4.78 is 5.66. The molecule has 2 heterocycles. The number of nitrogens with one attached hydrogen (secondary N) is 1. The summed E-state index contributed by atoms with van der Waals surface area (Å²) >= 11 is 0. The zero-order chi connectivity index (χ0) is 15.4. The highest BCUT2D eigenvalue weighted by molar-refractivity contribution is 5.96. The van der Waals surface area contributed by atoms with Crippen LogP contribution in [0, 0.1) is 11.3 Å². The van der Waals surface area contributed by atoms with Crippen LogP contribution in [-0.2, 0) is 11.2 Å². The Morgan fingerprint density at radius 2 is 2.33 bits per heavy atom. The van der Waals surface area contributed by atoms with Gasteiger partial charge < -0.3 is 15.5 Å². The maximum Gasteiger partial charge on any atom is 0.259 e. The largest absolute Gasteiger partial charge is 0.474 e. The maximum atomic E-state index is 11.0. The molecule has 7 nitrogen and oxygen atoms in total. The molecule has 0 aliphatic carbocycles. The molecular weight excluding hydrogens is 270 g/mol. The van der Waals surface area contributed by atoms with E-state index in [1.807, 2.05) is 13.8 Å². The number of nitriles is 1. The van der Waals surface area contributed by atoms with Crippen LogP contribution in [0.4, 0.5) is 0 Å². The molecule has 0 radical (unpaired) electrons. The molecule has 1 amide bonds. The van der Waals surface area contributed by atoms with E-state index in [9.17, 15) is 4.79 Å². The second-order valence-electron chi connectivity index (χ2n) is 4.68. The lowest BCUT2D eigenvalue weighted by molar-refractivity contribution is -0.114. The van der Waals surface area contributed by atoms with Crippen molar-refractivity contribution >= 4 is 16.9 Å². The minimum atomic E-state index is -0.743. The van der Waals surface area contributed by atoms with E-state index in [1.54, 1.807) is 12.3 Å². The molecule has 0 unspecified atom stereocenters. The molecule has 0 spiro atoms. The van der Waals surface area contributed by atoms with Gasteiger partial charge in [-0.15, -0.1) is 0 Å². The van der Waals surface area contributed by atoms with E-state index in [4.69, 9.17) is 15.7 Å². The summed E-state index contributed by atoms with van der Waals surface area (Å²) in [4.78, 5) is 22.3. The number of rotatable bonds is 5. The van der Waals surface area contributed by atoms with Crippen LogP contribution in [0.5, 0.6) is 5.88 Å². The molecule has 0 aromatic carbocycles. The summed E-state index contributed by atoms with van der Waals surface area (Å²) in [6.07, 6.45) is 4.98. The molecule has 108 valence electrons. The molecule has 0 aliphatic rings. The Morgan fingerprint density at radius 3 is 2.95 bits per heavy atom. The highest BCUT2D eigenvalue weighted by Crippen LogP contribution is 2.26. The van der Waals surface area contributed by atoms with Crippen molar-refractivity contribution in [1.29, 1.82) is 5.26 Å². The van der Waals surface area contributed by atoms with Crippen molar-refractivity contribution in [3.05, 3.63) is 29.7 Å². The molecule has 0 saturated carbocycles. The molecule has 2 aromatic rings. The SMILES string of the molecule is CC(C)Oc1ncnc2[nH]cc(C/C=C(\C#N)C(N)=O)c12. The average Bonchev–Trinajstić information content (AvgIpc) is 2.83. The van der Waals surface area contributed by atoms with Crippen molar-refractivity contribution in [3.8, 4) is 11.9 Å². The Balaban J connectivity index is 2.41.